The van der Waals surface area contributed by atoms with Crippen LogP contribution in [0.4, 0.5) is 0 Å². The lowest BCUT2D eigenvalue weighted by molar-refractivity contribution is 0.165. The summed E-state index contributed by atoms with van der Waals surface area (Å²) in [4.78, 5) is 0. The molecule has 0 radical (unpaired) electrons. The fourth-order valence-electron chi connectivity index (χ4n) is 1.42. The van der Waals surface area contributed by atoms with Crippen molar-refractivity contribution in [2.45, 2.75) is 25.4 Å². The number of aliphatic hydroxyl groups is 1. The Morgan fingerprint density at radius 1 is 1.31 bits per heavy atom. The molecule has 1 aromatic carbocycles. The second-order valence-electron chi connectivity index (χ2n) is 3.44. The molecule has 13 heavy (non-hydrogen) atoms. The molecule has 0 spiro atoms. The Morgan fingerprint density at radius 3 is 2.46 bits per heavy atom. The van der Waals surface area contributed by atoms with Crippen molar-refractivity contribution in [3.05, 3.63) is 35.9 Å². The van der Waals surface area contributed by atoms with Crippen LogP contribution in [0.15, 0.2) is 30.3 Å². The van der Waals surface area contributed by atoms with E-state index in [1.165, 1.54) is 5.56 Å². The molecule has 3 N–H and O–H groups in total. The van der Waals surface area contributed by atoms with Crippen LogP contribution in [-0.4, -0.2) is 17.8 Å². The molecule has 0 aromatic heterocycles. The van der Waals surface area contributed by atoms with Crippen LogP contribution < -0.4 is 5.73 Å². The van der Waals surface area contributed by atoms with Gasteiger partial charge in [-0.1, -0.05) is 37.3 Å². The number of hydrogen-bond acceptors (Lipinski definition) is 2. The van der Waals surface area contributed by atoms with Crippen LogP contribution in [-0.2, 0) is 0 Å². The molecular weight excluding hydrogens is 162 g/mol. The number of nitrogens with two attached hydrogens (primary N) is 1. The zero-order valence-electron chi connectivity index (χ0n) is 7.98. The maximum atomic E-state index is 9.36. The van der Waals surface area contributed by atoms with Gasteiger partial charge in [-0.3, -0.25) is 0 Å². The van der Waals surface area contributed by atoms with Crippen molar-refractivity contribution in [3.8, 4) is 0 Å². The van der Waals surface area contributed by atoms with Crippen LogP contribution >= 0.6 is 0 Å². The Bertz CT molecular complexity index is 235. The molecule has 0 aliphatic heterocycles. The zero-order chi connectivity index (χ0) is 9.68. The largest absolute Gasteiger partial charge is 0.392 e. The minimum absolute atomic E-state index is 0.344. The lowest BCUT2D eigenvalue weighted by Gasteiger charge is -2.14. The first-order chi connectivity index (χ1) is 6.24. The zero-order valence-corrected chi connectivity index (χ0v) is 7.98. The predicted molar refractivity (Wildman–Crippen MR) is 54.5 cm³/mol. The Morgan fingerprint density at radius 2 is 1.92 bits per heavy atom. The highest BCUT2D eigenvalue weighted by molar-refractivity contribution is 5.18. The van der Waals surface area contributed by atoms with Crippen LogP contribution in [0.5, 0.6) is 0 Å². The molecule has 0 heterocycles. The summed E-state index contributed by atoms with van der Waals surface area (Å²) in [6, 6.07) is 10.2. The van der Waals surface area contributed by atoms with Gasteiger partial charge in [-0.15, -0.1) is 0 Å². The second kappa shape index (κ2) is 5.00. The fraction of sp³-hybridized carbons (Fsp3) is 0.455. The average molecular weight is 179 g/mol. The minimum Gasteiger partial charge on any atom is -0.392 e. The molecule has 72 valence electrons. The van der Waals surface area contributed by atoms with Crippen molar-refractivity contribution in [2.75, 3.05) is 6.54 Å². The molecule has 0 aliphatic carbocycles. The van der Waals surface area contributed by atoms with Gasteiger partial charge in [0.1, 0.15) is 0 Å². The van der Waals surface area contributed by atoms with E-state index >= 15 is 0 Å². The molecule has 2 heteroatoms. The molecule has 2 atom stereocenters. The van der Waals surface area contributed by atoms with Gasteiger partial charge in [0.25, 0.3) is 0 Å². The summed E-state index contributed by atoms with van der Waals surface area (Å²) in [7, 11) is 0. The molecule has 0 saturated heterocycles. The molecule has 0 amide bonds. The summed E-state index contributed by atoms with van der Waals surface area (Å²) in [5.41, 5.74) is 6.61. The molecule has 1 rings (SSSR count). The number of benzene rings is 1. The van der Waals surface area contributed by atoms with E-state index in [9.17, 15) is 5.11 Å². The van der Waals surface area contributed by atoms with Gasteiger partial charge in [0.05, 0.1) is 6.10 Å². The van der Waals surface area contributed by atoms with Gasteiger partial charge in [0.2, 0.25) is 0 Å². The van der Waals surface area contributed by atoms with Gasteiger partial charge in [-0.25, -0.2) is 0 Å². The topological polar surface area (TPSA) is 46.2 Å². The predicted octanol–water partition coefficient (Wildman–Crippen LogP) is 1.50. The lowest BCUT2D eigenvalue weighted by atomic mass is 9.95. The van der Waals surface area contributed by atoms with Gasteiger partial charge in [0.15, 0.2) is 0 Å². The van der Waals surface area contributed by atoms with E-state index in [0.29, 0.717) is 12.5 Å². The van der Waals surface area contributed by atoms with Gasteiger partial charge in [0, 0.05) is 6.54 Å². The first-order valence-corrected chi connectivity index (χ1v) is 4.67. The lowest BCUT2D eigenvalue weighted by Crippen LogP contribution is -2.21. The standard InChI is InChI=1S/C11H17NO/c1-9(7-11(13)8-12)10-5-3-2-4-6-10/h2-6,9,11,13H,7-8,12H2,1H3. The number of aliphatic hydroxyl groups excluding tert-OH is 1. The highest BCUT2D eigenvalue weighted by atomic mass is 16.3. The monoisotopic (exact) mass is 179 g/mol. The van der Waals surface area contributed by atoms with Crippen LogP contribution in [0.1, 0.15) is 24.8 Å². The van der Waals surface area contributed by atoms with Gasteiger partial charge < -0.3 is 10.8 Å². The Balaban J connectivity index is 2.53. The van der Waals surface area contributed by atoms with Crippen LogP contribution in [0.3, 0.4) is 0 Å². The highest BCUT2D eigenvalue weighted by Crippen LogP contribution is 2.19. The van der Waals surface area contributed by atoms with Gasteiger partial charge >= 0.3 is 0 Å². The first-order valence-electron chi connectivity index (χ1n) is 4.67. The number of rotatable bonds is 4. The molecule has 2 nitrogen and oxygen atoms in total. The average Bonchev–Trinajstić information content (AvgIpc) is 2.19. The molecule has 0 aliphatic rings. The van der Waals surface area contributed by atoms with E-state index in [0.717, 1.165) is 6.42 Å². The van der Waals surface area contributed by atoms with Crippen molar-refractivity contribution < 1.29 is 5.11 Å². The van der Waals surface area contributed by atoms with Crippen LogP contribution in [0, 0.1) is 0 Å². The van der Waals surface area contributed by atoms with Crippen LogP contribution in [0.25, 0.3) is 0 Å². The van der Waals surface area contributed by atoms with E-state index in [1.54, 1.807) is 0 Å². The summed E-state index contributed by atoms with van der Waals surface area (Å²) < 4.78 is 0. The maximum Gasteiger partial charge on any atom is 0.0668 e. The van der Waals surface area contributed by atoms with Gasteiger partial charge in [-0.05, 0) is 17.9 Å². The normalized spacial score (nSPS) is 15.3. The maximum absolute atomic E-state index is 9.36. The SMILES string of the molecule is CC(CC(O)CN)c1ccccc1. The summed E-state index contributed by atoms with van der Waals surface area (Å²) in [5.74, 6) is 0.375. The molecule has 0 bridgehead atoms. The third-order valence-electron chi connectivity index (χ3n) is 2.27. The highest BCUT2D eigenvalue weighted by Gasteiger charge is 2.09. The third kappa shape index (κ3) is 3.17. The Labute approximate surface area is 79.4 Å². The van der Waals surface area contributed by atoms with E-state index in [4.69, 9.17) is 5.73 Å². The van der Waals surface area contributed by atoms with Crippen molar-refractivity contribution in [2.24, 2.45) is 5.73 Å². The second-order valence-corrected chi connectivity index (χ2v) is 3.44. The van der Waals surface area contributed by atoms with E-state index in [-0.39, 0.29) is 6.10 Å². The van der Waals surface area contributed by atoms with Crippen molar-refractivity contribution >= 4 is 0 Å². The summed E-state index contributed by atoms with van der Waals surface area (Å²) in [5, 5.41) is 9.36. The molecule has 1 aromatic rings. The fourth-order valence-corrected chi connectivity index (χ4v) is 1.42. The molecule has 0 saturated carbocycles. The van der Waals surface area contributed by atoms with Crippen molar-refractivity contribution in [1.29, 1.82) is 0 Å². The van der Waals surface area contributed by atoms with Crippen molar-refractivity contribution in [3.63, 3.8) is 0 Å². The first kappa shape index (κ1) is 10.2. The Hall–Kier alpha value is -0.860. The van der Waals surface area contributed by atoms with E-state index in [2.05, 4.69) is 19.1 Å². The van der Waals surface area contributed by atoms with E-state index < -0.39 is 0 Å². The molecule has 0 fully saturated rings. The number of hydrogen-bond donors (Lipinski definition) is 2. The summed E-state index contributed by atoms with van der Waals surface area (Å²) in [6.45, 7) is 2.45. The summed E-state index contributed by atoms with van der Waals surface area (Å²) >= 11 is 0. The Kier molecular flexibility index (Phi) is 3.93. The molecule has 2 unspecified atom stereocenters. The van der Waals surface area contributed by atoms with Gasteiger partial charge in [-0.2, -0.15) is 0 Å². The van der Waals surface area contributed by atoms with E-state index in [1.807, 2.05) is 18.2 Å². The third-order valence-corrected chi connectivity index (χ3v) is 2.27. The minimum atomic E-state index is -0.379. The summed E-state index contributed by atoms with van der Waals surface area (Å²) in [6.07, 6.45) is 0.357. The smallest absolute Gasteiger partial charge is 0.0668 e. The van der Waals surface area contributed by atoms with Crippen molar-refractivity contribution in [1.82, 2.24) is 0 Å². The molecular formula is C11H17NO. The van der Waals surface area contributed by atoms with Crippen LogP contribution in [0.2, 0.25) is 0 Å². The quantitative estimate of drug-likeness (QED) is 0.735.